The van der Waals surface area contributed by atoms with Gasteiger partial charge in [-0.1, -0.05) is 24.3 Å². The number of hydrogen-bond donors (Lipinski definition) is 2. The minimum Gasteiger partial charge on any atom is -0.368 e. The van der Waals surface area contributed by atoms with Crippen LogP contribution in [0.5, 0.6) is 0 Å². The van der Waals surface area contributed by atoms with Gasteiger partial charge >= 0.3 is 0 Å². The zero-order valence-electron chi connectivity index (χ0n) is 11.0. The van der Waals surface area contributed by atoms with E-state index in [1.807, 2.05) is 24.3 Å². The zero-order chi connectivity index (χ0) is 14.5. The van der Waals surface area contributed by atoms with Crippen LogP contribution >= 0.6 is 0 Å². The maximum atomic E-state index is 12.2. The maximum absolute atomic E-state index is 12.2. The number of rotatable bonds is 4. The van der Waals surface area contributed by atoms with E-state index in [0.717, 1.165) is 17.5 Å². The molecule has 0 fully saturated rings. The molecule has 5 heteroatoms. The van der Waals surface area contributed by atoms with Crippen molar-refractivity contribution in [3.05, 3.63) is 35.4 Å². The molecule has 0 radical (unpaired) electrons. The molecule has 1 heterocycles. The summed E-state index contributed by atoms with van der Waals surface area (Å²) in [4.78, 5) is 23.5. The van der Waals surface area contributed by atoms with E-state index in [4.69, 9.17) is 16.9 Å². The van der Waals surface area contributed by atoms with Crippen LogP contribution in [-0.2, 0) is 20.7 Å². The van der Waals surface area contributed by atoms with Gasteiger partial charge in [-0.25, -0.2) is 0 Å². The molecule has 20 heavy (non-hydrogen) atoms. The highest BCUT2D eigenvalue weighted by Crippen LogP contribution is 2.27. The maximum Gasteiger partial charge on any atom is 0.254 e. The molecular weight excluding hydrogens is 256 g/mol. The molecule has 0 saturated carbocycles. The molecule has 3 N–H and O–H groups in total. The van der Waals surface area contributed by atoms with Gasteiger partial charge in [0.05, 0.1) is 6.61 Å². The first-order chi connectivity index (χ1) is 9.63. The number of terminal acetylenes is 1. The summed E-state index contributed by atoms with van der Waals surface area (Å²) in [6, 6.07) is 6.71. The molecule has 0 aliphatic carbocycles. The van der Waals surface area contributed by atoms with Crippen molar-refractivity contribution in [1.82, 2.24) is 5.32 Å². The highest BCUT2D eigenvalue weighted by molar-refractivity contribution is 5.89. The van der Waals surface area contributed by atoms with E-state index >= 15 is 0 Å². The number of hydrogen-bond acceptors (Lipinski definition) is 3. The summed E-state index contributed by atoms with van der Waals surface area (Å²) in [7, 11) is 0. The summed E-state index contributed by atoms with van der Waals surface area (Å²) >= 11 is 0. The fourth-order valence-electron chi connectivity index (χ4n) is 2.20. The first kappa shape index (κ1) is 14.1. The molecule has 104 valence electrons. The molecule has 0 bridgehead atoms. The summed E-state index contributed by atoms with van der Waals surface area (Å²) in [6.45, 7) is 0.464. The van der Waals surface area contributed by atoms with Crippen molar-refractivity contribution in [2.24, 2.45) is 5.73 Å². The average Bonchev–Trinajstić information content (AvgIpc) is 2.46. The summed E-state index contributed by atoms with van der Waals surface area (Å²) in [5.41, 5.74) is 7.10. The molecule has 0 spiro atoms. The summed E-state index contributed by atoms with van der Waals surface area (Å²) in [6.07, 6.45) is 5.27. The monoisotopic (exact) mass is 272 g/mol. The molecule has 2 rings (SSSR count). The Kier molecular flexibility index (Phi) is 4.38. The van der Waals surface area contributed by atoms with Crippen LogP contribution in [0.15, 0.2) is 24.3 Å². The van der Waals surface area contributed by atoms with E-state index in [0.29, 0.717) is 6.61 Å². The third-order valence-electron chi connectivity index (χ3n) is 3.21. The van der Waals surface area contributed by atoms with E-state index in [-0.39, 0.29) is 6.42 Å². The number of primary amides is 1. The minimum atomic E-state index is -0.870. The molecule has 1 aliphatic heterocycles. The van der Waals surface area contributed by atoms with Crippen LogP contribution in [0.25, 0.3) is 0 Å². The second-order valence-electron chi connectivity index (χ2n) is 4.57. The van der Waals surface area contributed by atoms with Crippen LogP contribution < -0.4 is 11.1 Å². The lowest BCUT2D eigenvalue weighted by molar-refractivity contribution is -0.137. The van der Waals surface area contributed by atoms with E-state index in [2.05, 4.69) is 11.2 Å². The third kappa shape index (κ3) is 2.98. The van der Waals surface area contributed by atoms with E-state index in [1.54, 1.807) is 0 Å². The molecule has 1 aromatic rings. The van der Waals surface area contributed by atoms with Crippen molar-refractivity contribution in [2.75, 3.05) is 6.61 Å². The van der Waals surface area contributed by atoms with E-state index < -0.39 is 24.0 Å². The fourth-order valence-corrected chi connectivity index (χ4v) is 2.20. The second kappa shape index (κ2) is 6.22. The number of ether oxygens (including phenoxy) is 1. The van der Waals surface area contributed by atoms with E-state index in [9.17, 15) is 9.59 Å². The van der Waals surface area contributed by atoms with Gasteiger partial charge in [-0.3, -0.25) is 9.59 Å². The Balaban J connectivity index is 2.14. The second-order valence-corrected chi connectivity index (χ2v) is 4.57. The third-order valence-corrected chi connectivity index (χ3v) is 3.21. The largest absolute Gasteiger partial charge is 0.368 e. The topological polar surface area (TPSA) is 81.4 Å². The number of amides is 2. The predicted octanol–water partition coefficient (Wildman–Crippen LogP) is 0.294. The molecule has 1 aromatic carbocycles. The number of carbonyl (C=O) groups excluding carboxylic acids is 2. The summed E-state index contributed by atoms with van der Waals surface area (Å²) in [5.74, 6) is 1.28. The molecule has 0 saturated heterocycles. The summed E-state index contributed by atoms with van der Waals surface area (Å²) in [5, 5.41) is 2.55. The van der Waals surface area contributed by atoms with E-state index in [1.165, 1.54) is 0 Å². The van der Waals surface area contributed by atoms with Crippen LogP contribution in [0.3, 0.4) is 0 Å². The van der Waals surface area contributed by atoms with Crippen molar-refractivity contribution in [3.63, 3.8) is 0 Å². The molecular formula is C15H16N2O3. The van der Waals surface area contributed by atoms with Gasteiger partial charge in [0.25, 0.3) is 5.91 Å². The molecule has 2 unspecified atom stereocenters. The van der Waals surface area contributed by atoms with Gasteiger partial charge in [-0.15, -0.1) is 12.3 Å². The lowest BCUT2D eigenvalue weighted by Crippen LogP contribution is -2.46. The van der Waals surface area contributed by atoms with Crippen LogP contribution in [0.2, 0.25) is 0 Å². The Labute approximate surface area is 117 Å². The van der Waals surface area contributed by atoms with Crippen LogP contribution in [0, 0.1) is 12.3 Å². The smallest absolute Gasteiger partial charge is 0.254 e. The number of nitrogens with one attached hydrogen (secondary N) is 1. The Morgan fingerprint density at radius 1 is 1.50 bits per heavy atom. The summed E-state index contributed by atoms with van der Waals surface area (Å²) < 4.78 is 5.51. The van der Waals surface area contributed by atoms with Crippen molar-refractivity contribution in [1.29, 1.82) is 0 Å². The van der Waals surface area contributed by atoms with Crippen LogP contribution in [-0.4, -0.2) is 24.5 Å². The van der Waals surface area contributed by atoms with Crippen molar-refractivity contribution in [2.45, 2.75) is 25.0 Å². The predicted molar refractivity (Wildman–Crippen MR) is 73.4 cm³/mol. The normalized spacial score (nSPS) is 18.4. The molecule has 1 aliphatic rings. The van der Waals surface area contributed by atoms with Gasteiger partial charge < -0.3 is 15.8 Å². The van der Waals surface area contributed by atoms with Crippen molar-refractivity contribution >= 4 is 11.8 Å². The Morgan fingerprint density at radius 2 is 2.25 bits per heavy atom. The lowest BCUT2D eigenvalue weighted by atomic mass is 9.97. The number of carbonyl (C=O) groups is 2. The van der Waals surface area contributed by atoms with Gasteiger partial charge in [-0.2, -0.15) is 0 Å². The molecule has 2 amide bonds. The van der Waals surface area contributed by atoms with Gasteiger partial charge in [-0.05, 0) is 17.5 Å². The van der Waals surface area contributed by atoms with Crippen molar-refractivity contribution < 1.29 is 14.3 Å². The highest BCUT2D eigenvalue weighted by Gasteiger charge is 2.29. The highest BCUT2D eigenvalue weighted by atomic mass is 16.5. The standard InChI is InChI=1S/C15H16N2O3/c1-2-5-12(14(16)18)17-15(19)13-11-7-4-3-6-10(11)8-9-20-13/h1,3-4,6-7,12-13H,5,8-9H2,(H2,16,18)(H,17,19). The fraction of sp³-hybridized carbons (Fsp3) is 0.333. The van der Waals surface area contributed by atoms with Crippen LogP contribution in [0.1, 0.15) is 23.7 Å². The zero-order valence-corrected chi connectivity index (χ0v) is 11.0. The van der Waals surface area contributed by atoms with Gasteiger partial charge in [0.2, 0.25) is 5.91 Å². The Bertz CT molecular complexity index is 562. The van der Waals surface area contributed by atoms with Gasteiger partial charge in [0, 0.05) is 6.42 Å². The Hall–Kier alpha value is -2.32. The molecule has 5 nitrogen and oxygen atoms in total. The average molecular weight is 272 g/mol. The first-order valence-electron chi connectivity index (χ1n) is 6.36. The number of benzene rings is 1. The van der Waals surface area contributed by atoms with Gasteiger partial charge in [0.15, 0.2) is 6.10 Å². The van der Waals surface area contributed by atoms with Crippen molar-refractivity contribution in [3.8, 4) is 12.3 Å². The number of fused-ring (bicyclic) bond motifs is 1. The Morgan fingerprint density at radius 3 is 2.95 bits per heavy atom. The van der Waals surface area contributed by atoms with Gasteiger partial charge in [0.1, 0.15) is 6.04 Å². The van der Waals surface area contributed by atoms with Crippen LogP contribution in [0.4, 0.5) is 0 Å². The lowest BCUT2D eigenvalue weighted by Gasteiger charge is -2.26. The number of nitrogens with two attached hydrogens (primary N) is 1. The minimum absolute atomic E-state index is 0.0649. The quantitative estimate of drug-likeness (QED) is 0.773. The SMILES string of the molecule is C#CCC(NC(=O)C1OCCc2ccccc21)C(N)=O. The molecule has 2 atom stereocenters. The first-order valence-corrected chi connectivity index (χ1v) is 6.36. The molecule has 0 aromatic heterocycles.